The van der Waals surface area contributed by atoms with Crippen molar-refractivity contribution in [1.82, 2.24) is 0 Å². The standard InChI is InChI=1S/C33H47NO7/c1-20(2)21(3)16-17-22(4)28-25(37-32(8,9)39-28)15-13-14-23-18-24(34(12)30(36)41-31(5,6)7)19-26-27(23)29(35)40-33(10,11)38-26/h16-22,25,28H,15H2,1-12H3/b17-16-/t21-,22-,25+,28-/m1/s1. The van der Waals surface area contributed by atoms with Crippen LogP contribution in [-0.4, -0.2) is 48.5 Å². The largest absolute Gasteiger partial charge is 0.452 e. The zero-order valence-corrected chi connectivity index (χ0v) is 26.7. The van der Waals surface area contributed by atoms with Gasteiger partial charge in [-0.2, -0.15) is 0 Å². The van der Waals surface area contributed by atoms with Crippen LogP contribution in [0, 0.1) is 29.6 Å². The fourth-order valence-corrected chi connectivity index (χ4v) is 4.58. The van der Waals surface area contributed by atoms with Crippen molar-refractivity contribution in [3.63, 3.8) is 0 Å². The summed E-state index contributed by atoms with van der Waals surface area (Å²) in [7, 11) is 1.60. The molecule has 0 aromatic heterocycles. The summed E-state index contributed by atoms with van der Waals surface area (Å²) < 4.78 is 29.5. The van der Waals surface area contributed by atoms with Gasteiger partial charge in [0.15, 0.2) is 5.79 Å². The molecule has 1 aromatic rings. The summed E-state index contributed by atoms with van der Waals surface area (Å²) in [4.78, 5) is 27.2. The maximum atomic E-state index is 13.0. The van der Waals surface area contributed by atoms with Gasteiger partial charge in [-0.15, -0.1) is 0 Å². The molecule has 0 N–H and O–H groups in total. The molecule has 0 unspecified atom stereocenters. The Morgan fingerprint density at radius 2 is 1.71 bits per heavy atom. The zero-order valence-electron chi connectivity index (χ0n) is 26.7. The lowest BCUT2D eigenvalue weighted by Crippen LogP contribution is -2.39. The third kappa shape index (κ3) is 8.50. The van der Waals surface area contributed by atoms with Gasteiger partial charge in [0.2, 0.25) is 5.79 Å². The van der Waals surface area contributed by atoms with Crippen molar-refractivity contribution in [3.8, 4) is 17.6 Å². The van der Waals surface area contributed by atoms with Crippen molar-refractivity contribution < 1.29 is 33.3 Å². The lowest BCUT2D eigenvalue weighted by molar-refractivity contribution is -0.148. The molecular formula is C33H47NO7. The number of hydrogen-bond donors (Lipinski definition) is 0. The zero-order chi connectivity index (χ0) is 30.9. The second kappa shape index (κ2) is 12.1. The molecule has 2 aliphatic heterocycles. The minimum Gasteiger partial charge on any atom is -0.452 e. The molecule has 1 amide bonds. The van der Waals surface area contributed by atoms with Crippen molar-refractivity contribution in [2.24, 2.45) is 17.8 Å². The van der Waals surface area contributed by atoms with Gasteiger partial charge in [-0.25, -0.2) is 9.59 Å². The number of hydrogen-bond acceptors (Lipinski definition) is 7. The maximum Gasteiger partial charge on any atom is 0.414 e. The molecule has 0 radical (unpaired) electrons. The Kier molecular flexibility index (Phi) is 9.57. The Morgan fingerprint density at radius 3 is 2.32 bits per heavy atom. The van der Waals surface area contributed by atoms with Crippen LogP contribution >= 0.6 is 0 Å². The molecule has 1 saturated heterocycles. The highest BCUT2D eigenvalue weighted by molar-refractivity contribution is 5.98. The molecule has 4 atom stereocenters. The third-order valence-corrected chi connectivity index (χ3v) is 7.08. The molecule has 226 valence electrons. The van der Waals surface area contributed by atoms with E-state index in [0.29, 0.717) is 35.3 Å². The van der Waals surface area contributed by atoms with Gasteiger partial charge >= 0.3 is 12.1 Å². The summed E-state index contributed by atoms with van der Waals surface area (Å²) in [5.74, 6) is 5.31. The van der Waals surface area contributed by atoms with Crippen LogP contribution in [0.5, 0.6) is 5.75 Å². The highest BCUT2D eigenvalue weighted by Gasteiger charge is 2.43. The number of nitrogens with zero attached hydrogens (tertiary/aromatic N) is 1. The molecule has 8 nitrogen and oxygen atoms in total. The highest BCUT2D eigenvalue weighted by atomic mass is 16.8. The van der Waals surface area contributed by atoms with Gasteiger partial charge < -0.3 is 23.7 Å². The van der Waals surface area contributed by atoms with Crippen molar-refractivity contribution in [3.05, 3.63) is 35.4 Å². The minimum absolute atomic E-state index is 0.119. The van der Waals surface area contributed by atoms with Crippen LogP contribution in [0.3, 0.4) is 0 Å². The fourth-order valence-electron chi connectivity index (χ4n) is 4.58. The normalized spacial score (nSPS) is 22.7. The van der Waals surface area contributed by atoms with E-state index < -0.39 is 29.2 Å². The predicted molar refractivity (Wildman–Crippen MR) is 159 cm³/mol. The van der Waals surface area contributed by atoms with E-state index in [9.17, 15) is 9.59 Å². The second-order valence-electron chi connectivity index (χ2n) is 13.3. The van der Waals surface area contributed by atoms with Gasteiger partial charge in [-0.05, 0) is 52.5 Å². The average molecular weight is 570 g/mol. The van der Waals surface area contributed by atoms with Gasteiger partial charge in [0.1, 0.15) is 16.9 Å². The van der Waals surface area contributed by atoms with Crippen LogP contribution in [-0.2, 0) is 18.9 Å². The first-order valence-corrected chi connectivity index (χ1v) is 14.4. The summed E-state index contributed by atoms with van der Waals surface area (Å²) in [5, 5.41) is 0. The highest BCUT2D eigenvalue weighted by Crippen LogP contribution is 2.38. The fraction of sp³-hybridized carbons (Fsp3) is 0.636. The minimum atomic E-state index is -1.16. The second-order valence-corrected chi connectivity index (χ2v) is 13.3. The monoisotopic (exact) mass is 569 g/mol. The smallest absolute Gasteiger partial charge is 0.414 e. The van der Waals surface area contributed by atoms with Crippen LogP contribution in [0.2, 0.25) is 0 Å². The number of carbonyl (C=O) groups excluding carboxylic acids is 2. The van der Waals surface area contributed by atoms with Gasteiger partial charge in [-0.1, -0.05) is 51.7 Å². The van der Waals surface area contributed by atoms with Crippen LogP contribution in [0.1, 0.15) is 98.5 Å². The lowest BCUT2D eigenvalue weighted by atomic mass is 9.92. The molecule has 0 aliphatic carbocycles. The summed E-state index contributed by atoms with van der Waals surface area (Å²) in [6.07, 6.45) is 3.83. The van der Waals surface area contributed by atoms with Crippen molar-refractivity contribution >= 4 is 17.7 Å². The molecule has 3 rings (SSSR count). The van der Waals surface area contributed by atoms with E-state index in [-0.39, 0.29) is 23.7 Å². The van der Waals surface area contributed by atoms with Crippen LogP contribution < -0.4 is 9.64 Å². The number of esters is 1. The number of rotatable bonds is 6. The van der Waals surface area contributed by atoms with E-state index in [1.165, 1.54) is 4.90 Å². The number of anilines is 1. The van der Waals surface area contributed by atoms with Crippen molar-refractivity contribution in [2.45, 2.75) is 112 Å². The number of fused-ring (bicyclic) bond motifs is 1. The summed E-state index contributed by atoms with van der Waals surface area (Å²) >= 11 is 0. The maximum absolute atomic E-state index is 13.0. The topological polar surface area (TPSA) is 83.5 Å². The van der Waals surface area contributed by atoms with E-state index in [4.69, 9.17) is 23.7 Å². The van der Waals surface area contributed by atoms with E-state index in [0.717, 1.165) is 0 Å². The van der Waals surface area contributed by atoms with E-state index in [2.05, 4.69) is 51.7 Å². The van der Waals surface area contributed by atoms with Crippen LogP contribution in [0.25, 0.3) is 0 Å². The van der Waals surface area contributed by atoms with Gasteiger partial charge in [0.25, 0.3) is 0 Å². The summed E-state index contributed by atoms with van der Waals surface area (Å²) in [6, 6.07) is 3.30. The number of carbonyl (C=O) groups is 2. The Bertz CT molecular complexity index is 1230. The molecule has 1 fully saturated rings. The van der Waals surface area contributed by atoms with E-state index in [1.807, 2.05) is 13.8 Å². The van der Waals surface area contributed by atoms with E-state index >= 15 is 0 Å². The lowest BCUT2D eigenvalue weighted by Gasteiger charge is -2.33. The van der Waals surface area contributed by atoms with Gasteiger partial charge in [0, 0.05) is 44.9 Å². The number of cyclic esters (lactones) is 1. The average Bonchev–Trinajstić information content (AvgIpc) is 3.13. The molecule has 0 saturated carbocycles. The molecule has 41 heavy (non-hydrogen) atoms. The number of benzene rings is 1. The number of allylic oxidation sites excluding steroid dienone is 1. The summed E-state index contributed by atoms with van der Waals surface area (Å²) in [5.41, 5.74) is 0.418. The Balaban J connectivity index is 1.93. The first-order valence-electron chi connectivity index (χ1n) is 14.4. The van der Waals surface area contributed by atoms with Crippen LogP contribution in [0.15, 0.2) is 24.3 Å². The summed E-state index contributed by atoms with van der Waals surface area (Å²) in [6.45, 7) is 21.3. The predicted octanol–water partition coefficient (Wildman–Crippen LogP) is 7.09. The Morgan fingerprint density at radius 1 is 1.05 bits per heavy atom. The molecule has 0 spiro atoms. The molecule has 8 heteroatoms. The van der Waals surface area contributed by atoms with E-state index in [1.54, 1.807) is 53.8 Å². The van der Waals surface area contributed by atoms with Crippen molar-refractivity contribution in [1.29, 1.82) is 0 Å². The van der Waals surface area contributed by atoms with Gasteiger partial charge in [-0.3, -0.25) is 4.90 Å². The van der Waals surface area contributed by atoms with Crippen molar-refractivity contribution in [2.75, 3.05) is 11.9 Å². The Labute approximate surface area is 245 Å². The molecular weight excluding hydrogens is 522 g/mol. The van der Waals surface area contributed by atoms with Crippen LogP contribution in [0.4, 0.5) is 10.5 Å². The van der Waals surface area contributed by atoms with Gasteiger partial charge in [0.05, 0.1) is 17.9 Å². The third-order valence-electron chi connectivity index (χ3n) is 7.08. The molecule has 2 aliphatic rings. The number of amides is 1. The quantitative estimate of drug-likeness (QED) is 0.205. The molecule has 2 heterocycles. The SMILES string of the molecule is CC(C)[C@H](C)/C=C\[C@@H](C)[C@H]1OC(C)(C)O[C@H]1CC#Cc1cc(N(C)C(=O)OC(C)(C)C)cc2c1C(=O)OC(C)(C)O2. The number of ether oxygens (including phenoxy) is 5. The Hall–Kier alpha value is -3.02. The molecule has 1 aromatic carbocycles. The molecule has 0 bridgehead atoms. The first-order chi connectivity index (χ1) is 18.8. The first kappa shape index (κ1) is 32.5.